The van der Waals surface area contributed by atoms with Gasteiger partial charge in [0.2, 0.25) is 5.91 Å². The molecule has 2 rings (SSSR count). The number of benzene rings is 2. The van der Waals surface area contributed by atoms with Crippen molar-refractivity contribution < 1.29 is 14.3 Å². The Labute approximate surface area is 116 Å². The lowest BCUT2D eigenvalue weighted by Crippen LogP contribution is -2.27. The average Bonchev–Trinajstić information content (AvgIpc) is 2.43. The Morgan fingerprint density at radius 2 is 1.80 bits per heavy atom. The average molecular weight is 274 g/mol. The normalized spacial score (nSPS) is 10.2. The van der Waals surface area contributed by atoms with Crippen molar-refractivity contribution in [1.29, 1.82) is 0 Å². The summed E-state index contributed by atoms with van der Waals surface area (Å²) in [5.74, 6) is -0.383. The van der Waals surface area contributed by atoms with Gasteiger partial charge in [-0.3, -0.25) is 4.79 Å². The maximum Gasteiger partial charge on any atom is 0.238 e. The van der Waals surface area contributed by atoms with E-state index in [2.05, 4.69) is 10.6 Å². The van der Waals surface area contributed by atoms with E-state index in [0.717, 1.165) is 5.56 Å². The van der Waals surface area contributed by atoms with Crippen LogP contribution in [0.1, 0.15) is 5.56 Å². The summed E-state index contributed by atoms with van der Waals surface area (Å²) < 4.78 is 12.7. The molecule has 1 amide bonds. The maximum atomic E-state index is 12.7. The zero-order valence-electron chi connectivity index (χ0n) is 10.8. The highest BCUT2D eigenvalue weighted by atomic mass is 19.1. The topological polar surface area (TPSA) is 61.4 Å². The number of para-hydroxylation sites is 1. The van der Waals surface area contributed by atoms with E-state index in [-0.39, 0.29) is 24.0 Å². The van der Waals surface area contributed by atoms with E-state index < -0.39 is 0 Å². The summed E-state index contributed by atoms with van der Waals surface area (Å²) in [6, 6.07) is 12.5. The van der Waals surface area contributed by atoms with Gasteiger partial charge in [-0.05, 0) is 30.3 Å². The number of carbonyl (C=O) groups is 1. The number of hydrogen-bond acceptors (Lipinski definition) is 3. The molecule has 0 aliphatic carbocycles. The Morgan fingerprint density at radius 1 is 1.10 bits per heavy atom. The predicted molar refractivity (Wildman–Crippen MR) is 74.8 cm³/mol. The molecule has 0 heterocycles. The smallest absolute Gasteiger partial charge is 0.238 e. The van der Waals surface area contributed by atoms with Crippen LogP contribution in [-0.4, -0.2) is 17.6 Å². The molecule has 0 saturated heterocycles. The molecule has 104 valence electrons. The number of amides is 1. The van der Waals surface area contributed by atoms with Crippen molar-refractivity contribution in [3.05, 3.63) is 59.9 Å². The van der Waals surface area contributed by atoms with Crippen molar-refractivity contribution in [2.24, 2.45) is 0 Å². The number of phenolic OH excluding ortho intramolecular Hbond substituents is 1. The molecule has 0 spiro atoms. The molecule has 0 unspecified atom stereocenters. The van der Waals surface area contributed by atoms with E-state index in [1.54, 1.807) is 18.2 Å². The zero-order valence-corrected chi connectivity index (χ0v) is 10.8. The number of rotatable bonds is 5. The van der Waals surface area contributed by atoms with Gasteiger partial charge in [0.05, 0.1) is 6.54 Å². The summed E-state index contributed by atoms with van der Waals surface area (Å²) in [5.41, 5.74) is 1.27. The van der Waals surface area contributed by atoms with Gasteiger partial charge in [-0.25, -0.2) is 4.39 Å². The maximum absolute atomic E-state index is 12.7. The van der Waals surface area contributed by atoms with Crippen LogP contribution in [0.4, 0.5) is 10.1 Å². The van der Waals surface area contributed by atoms with Crippen LogP contribution in [0.25, 0.3) is 0 Å². The Balaban J connectivity index is 1.78. The molecule has 20 heavy (non-hydrogen) atoms. The molecule has 3 N–H and O–H groups in total. The van der Waals surface area contributed by atoms with Crippen molar-refractivity contribution in [3.63, 3.8) is 0 Å². The fraction of sp³-hybridized carbons (Fsp3) is 0.133. The molecule has 0 fully saturated rings. The molecule has 2 aromatic rings. The van der Waals surface area contributed by atoms with Gasteiger partial charge < -0.3 is 15.7 Å². The summed E-state index contributed by atoms with van der Waals surface area (Å²) in [6.45, 7) is 0.495. The predicted octanol–water partition coefficient (Wildman–Crippen LogP) is 2.26. The van der Waals surface area contributed by atoms with Crippen molar-refractivity contribution in [2.45, 2.75) is 6.54 Å². The van der Waals surface area contributed by atoms with Gasteiger partial charge in [-0.15, -0.1) is 0 Å². The molecular weight excluding hydrogens is 259 g/mol. The van der Waals surface area contributed by atoms with Crippen molar-refractivity contribution in [1.82, 2.24) is 5.32 Å². The second-order valence-corrected chi connectivity index (χ2v) is 4.29. The van der Waals surface area contributed by atoms with Crippen molar-refractivity contribution in [3.8, 4) is 5.75 Å². The SMILES string of the molecule is O=C(CNCc1ccccc1O)Nc1ccc(F)cc1. The highest BCUT2D eigenvalue weighted by Crippen LogP contribution is 2.14. The quantitative estimate of drug-likeness (QED) is 0.783. The third kappa shape index (κ3) is 4.07. The molecule has 2 aromatic carbocycles. The van der Waals surface area contributed by atoms with Gasteiger partial charge in [0.25, 0.3) is 0 Å². The first-order valence-electron chi connectivity index (χ1n) is 6.18. The summed E-state index contributed by atoms with van der Waals surface area (Å²) in [6.07, 6.45) is 0. The first kappa shape index (κ1) is 14.0. The minimum Gasteiger partial charge on any atom is -0.508 e. The van der Waals surface area contributed by atoms with Gasteiger partial charge in [0, 0.05) is 17.8 Å². The van der Waals surface area contributed by atoms with Crippen LogP contribution >= 0.6 is 0 Å². The lowest BCUT2D eigenvalue weighted by Gasteiger charge is -2.07. The van der Waals surface area contributed by atoms with Gasteiger partial charge in [0.15, 0.2) is 0 Å². The third-order valence-corrected chi connectivity index (χ3v) is 2.72. The van der Waals surface area contributed by atoms with Gasteiger partial charge in [0.1, 0.15) is 11.6 Å². The summed E-state index contributed by atoms with van der Waals surface area (Å²) in [4.78, 5) is 11.6. The number of aromatic hydroxyl groups is 1. The number of nitrogens with one attached hydrogen (secondary N) is 2. The molecule has 0 radical (unpaired) electrons. The van der Waals surface area contributed by atoms with E-state index >= 15 is 0 Å². The number of phenols is 1. The summed E-state index contributed by atoms with van der Waals surface area (Å²) in [7, 11) is 0. The number of hydrogen-bond donors (Lipinski definition) is 3. The van der Waals surface area contributed by atoms with Crippen LogP contribution in [-0.2, 0) is 11.3 Å². The number of carbonyl (C=O) groups excluding carboxylic acids is 1. The molecule has 5 heteroatoms. The number of anilines is 1. The van der Waals surface area contributed by atoms with E-state index in [0.29, 0.717) is 12.2 Å². The molecular formula is C15H15FN2O2. The van der Waals surface area contributed by atoms with E-state index in [1.807, 2.05) is 6.07 Å². The Hall–Kier alpha value is -2.40. The van der Waals surface area contributed by atoms with Crippen LogP contribution in [0.3, 0.4) is 0 Å². The molecule has 0 saturated carbocycles. The van der Waals surface area contributed by atoms with Crippen molar-refractivity contribution >= 4 is 11.6 Å². The Bertz CT molecular complexity index is 585. The van der Waals surface area contributed by atoms with Crippen LogP contribution in [0, 0.1) is 5.82 Å². The summed E-state index contributed by atoms with van der Waals surface area (Å²) >= 11 is 0. The van der Waals surface area contributed by atoms with Crippen LogP contribution in [0.15, 0.2) is 48.5 Å². The minimum absolute atomic E-state index is 0.103. The van der Waals surface area contributed by atoms with Crippen molar-refractivity contribution in [2.75, 3.05) is 11.9 Å². The highest BCUT2D eigenvalue weighted by molar-refractivity contribution is 5.92. The van der Waals surface area contributed by atoms with Crippen LogP contribution < -0.4 is 10.6 Å². The lowest BCUT2D eigenvalue weighted by atomic mass is 10.2. The molecule has 4 nitrogen and oxygen atoms in total. The molecule has 0 atom stereocenters. The molecule has 0 aliphatic rings. The van der Waals surface area contributed by atoms with Gasteiger partial charge >= 0.3 is 0 Å². The Morgan fingerprint density at radius 3 is 2.50 bits per heavy atom. The second-order valence-electron chi connectivity index (χ2n) is 4.29. The first-order valence-corrected chi connectivity index (χ1v) is 6.18. The first-order chi connectivity index (χ1) is 9.65. The fourth-order valence-corrected chi connectivity index (χ4v) is 1.71. The fourth-order valence-electron chi connectivity index (χ4n) is 1.71. The second kappa shape index (κ2) is 6.68. The zero-order chi connectivity index (χ0) is 14.4. The third-order valence-electron chi connectivity index (χ3n) is 2.72. The van der Waals surface area contributed by atoms with E-state index in [9.17, 15) is 14.3 Å². The number of halogens is 1. The van der Waals surface area contributed by atoms with Gasteiger partial charge in [-0.1, -0.05) is 18.2 Å². The van der Waals surface area contributed by atoms with Crippen LogP contribution in [0.2, 0.25) is 0 Å². The molecule has 0 aliphatic heterocycles. The molecule has 0 aromatic heterocycles. The van der Waals surface area contributed by atoms with Crippen LogP contribution in [0.5, 0.6) is 5.75 Å². The Kier molecular flexibility index (Phi) is 4.68. The minimum atomic E-state index is -0.347. The standard InChI is InChI=1S/C15H15FN2O2/c16-12-5-7-13(8-6-12)18-15(20)10-17-9-11-3-1-2-4-14(11)19/h1-8,17,19H,9-10H2,(H,18,20). The van der Waals surface area contributed by atoms with E-state index in [1.165, 1.54) is 24.3 Å². The monoisotopic (exact) mass is 274 g/mol. The lowest BCUT2D eigenvalue weighted by molar-refractivity contribution is -0.115. The van der Waals surface area contributed by atoms with Gasteiger partial charge in [-0.2, -0.15) is 0 Å². The largest absolute Gasteiger partial charge is 0.508 e. The highest BCUT2D eigenvalue weighted by Gasteiger charge is 2.03. The summed E-state index contributed by atoms with van der Waals surface area (Å²) in [5, 5.41) is 15.1. The molecule has 0 bridgehead atoms. The van der Waals surface area contributed by atoms with E-state index in [4.69, 9.17) is 0 Å².